The van der Waals surface area contributed by atoms with E-state index in [0.29, 0.717) is 12.2 Å². The van der Waals surface area contributed by atoms with Crippen LogP contribution < -0.4 is 0 Å². The van der Waals surface area contributed by atoms with Gasteiger partial charge in [-0.25, -0.2) is 0 Å². The van der Waals surface area contributed by atoms with Gasteiger partial charge in [0.25, 0.3) is 0 Å². The van der Waals surface area contributed by atoms with E-state index in [0.717, 1.165) is 12.2 Å². The number of rotatable bonds is 11. The molecule has 4 aliphatic rings. The fourth-order valence-corrected chi connectivity index (χ4v) is 7.87. The van der Waals surface area contributed by atoms with Crippen LogP contribution in [0.1, 0.15) is 24.5 Å². The van der Waals surface area contributed by atoms with Crippen LogP contribution in [0.15, 0.2) is 106 Å². The minimum absolute atomic E-state index is 0.118. The molecule has 2 saturated heterocycles. The van der Waals surface area contributed by atoms with E-state index >= 15 is 0 Å². The number of aliphatic hydroxyl groups excluding tert-OH is 10. The van der Waals surface area contributed by atoms with Crippen molar-refractivity contribution in [2.75, 3.05) is 6.61 Å². The van der Waals surface area contributed by atoms with E-state index in [1.807, 2.05) is 0 Å². The highest BCUT2D eigenvalue weighted by Gasteiger charge is 2.64. The van der Waals surface area contributed by atoms with Gasteiger partial charge in [-0.05, 0) is 60.0 Å². The number of ketones is 5. The summed E-state index contributed by atoms with van der Waals surface area (Å²) in [5.41, 5.74) is -13.1. The molecular formula is C44H44O21. The van der Waals surface area contributed by atoms with Crippen molar-refractivity contribution in [3.8, 4) is 11.5 Å². The van der Waals surface area contributed by atoms with Gasteiger partial charge in [0.05, 0.1) is 23.9 Å². The maximum Gasteiger partial charge on any atom is 0.214 e. The summed E-state index contributed by atoms with van der Waals surface area (Å²) in [7, 11) is 0. The van der Waals surface area contributed by atoms with E-state index in [9.17, 15) is 95.5 Å². The Morgan fingerprint density at radius 2 is 1.00 bits per heavy atom. The van der Waals surface area contributed by atoms with E-state index < -0.39 is 147 Å². The molecule has 2 aromatic carbocycles. The van der Waals surface area contributed by atoms with E-state index in [-0.39, 0.29) is 35.1 Å². The number of aromatic hydroxyl groups is 2. The third kappa shape index (κ3) is 8.24. The van der Waals surface area contributed by atoms with Crippen LogP contribution in [0.25, 0.3) is 12.2 Å². The van der Waals surface area contributed by atoms with Gasteiger partial charge in [-0.2, -0.15) is 0 Å². The van der Waals surface area contributed by atoms with Crippen molar-refractivity contribution in [1.82, 2.24) is 0 Å². The minimum atomic E-state index is -3.87. The summed E-state index contributed by atoms with van der Waals surface area (Å²) in [5.74, 6) is -14.3. The Kier molecular flexibility index (Phi) is 13.6. The number of carbonyl (C=O) groups excluding carboxylic acids is 5. The zero-order valence-corrected chi connectivity index (χ0v) is 33.8. The number of phenols is 2. The molecule has 0 saturated carbocycles. The maximum atomic E-state index is 14.6. The first-order valence-corrected chi connectivity index (χ1v) is 19.7. The molecule has 2 fully saturated rings. The summed E-state index contributed by atoms with van der Waals surface area (Å²) >= 11 is 0. The number of aliphatic hydroxyl groups is 12. The van der Waals surface area contributed by atoms with Crippen molar-refractivity contribution in [3.05, 3.63) is 117 Å². The lowest BCUT2D eigenvalue weighted by atomic mass is 9.70. The molecule has 2 aromatic rings. The number of Topliss-reactive ketones (excluding diaryl/α,β-unsaturated/α-hetero) is 3. The molecule has 0 unspecified atom stereocenters. The molecule has 12 atom stereocenters. The fraction of sp³-hybridized carbons (Fsp3) is 0.341. The van der Waals surface area contributed by atoms with E-state index in [1.165, 1.54) is 55.5 Å². The monoisotopic (exact) mass is 908 g/mol. The number of benzene rings is 2. The van der Waals surface area contributed by atoms with Gasteiger partial charge >= 0.3 is 0 Å². The third-order valence-electron chi connectivity index (χ3n) is 11.6. The Balaban J connectivity index is 1.59. The zero-order chi connectivity index (χ0) is 48.0. The van der Waals surface area contributed by atoms with Gasteiger partial charge in [0.2, 0.25) is 28.6 Å². The predicted octanol–water partition coefficient (Wildman–Crippen LogP) is -2.38. The first-order chi connectivity index (χ1) is 30.5. The van der Waals surface area contributed by atoms with Crippen molar-refractivity contribution in [1.29, 1.82) is 0 Å². The molecule has 2 aliphatic carbocycles. The lowest BCUT2D eigenvalue weighted by Gasteiger charge is -2.47. The van der Waals surface area contributed by atoms with Gasteiger partial charge in [-0.1, -0.05) is 43.3 Å². The van der Waals surface area contributed by atoms with Crippen LogP contribution >= 0.6 is 0 Å². The molecule has 14 N–H and O–H groups in total. The second-order valence-corrected chi connectivity index (χ2v) is 15.6. The number of ether oxygens (including phenoxy) is 2. The zero-order valence-electron chi connectivity index (χ0n) is 33.8. The highest BCUT2D eigenvalue weighted by molar-refractivity contribution is 6.42. The molecule has 65 heavy (non-hydrogen) atoms. The van der Waals surface area contributed by atoms with Crippen molar-refractivity contribution in [2.45, 2.75) is 85.6 Å². The molecule has 0 radical (unpaired) electrons. The SMILES string of the molecule is CC[C@H]1O[C@@H]([C@]2(O)C(O)=C(C=C3C(=O)C(C(=O)C=Cc4ccc(O)cc4)=C(O)[C@](O)([C@@H]4O[C@H](CO)[C@@H](O)[C@H](O)[C@H]4O)C3=O)C(=O)C(C(=O)C=Cc3ccc(O)cc3)=C2O)[C@H](O)[C@@H](O)[C@@H]1O. The Morgan fingerprint density at radius 3 is 1.46 bits per heavy atom. The standard InChI is InChI=1S/C44H44O21/c1-2-25-31(52)33(54)35(56)41(64-25)43(62)37(58)21(29(50)27(39(43)60)23(48)13-7-17-3-9-19(46)10-4-17)15-22-30(51)28(24(49)14-8-18-5-11-20(47)12-6-18)40(61)44(63,38(22)59)42-36(57)34(55)32(53)26(16-45)65-42/h3-15,25-26,31-36,41-42,45-47,52-58,60-63H,2,16H2,1H3/t25-,26-,31-,32-,33+,34+,35-,36-,41-,42-,43+,44+/m1/s1. The maximum absolute atomic E-state index is 14.6. The number of hydrogen-bond acceptors (Lipinski definition) is 21. The smallest absolute Gasteiger partial charge is 0.214 e. The highest BCUT2D eigenvalue weighted by atomic mass is 16.6. The molecule has 6 rings (SSSR count). The highest BCUT2D eigenvalue weighted by Crippen LogP contribution is 2.45. The van der Waals surface area contributed by atoms with Crippen LogP contribution in [0.2, 0.25) is 0 Å². The second kappa shape index (κ2) is 18.3. The molecule has 21 nitrogen and oxygen atoms in total. The van der Waals surface area contributed by atoms with Gasteiger partial charge in [-0.15, -0.1) is 0 Å². The Hall–Kier alpha value is -6.21. The van der Waals surface area contributed by atoms with Gasteiger partial charge in [0.1, 0.15) is 94.9 Å². The summed E-state index contributed by atoms with van der Waals surface area (Å²) in [5, 5.41) is 153. The average Bonchev–Trinajstić information content (AvgIpc) is 3.28. The Labute approximate surface area is 366 Å². The molecule has 0 amide bonds. The van der Waals surface area contributed by atoms with Gasteiger partial charge in [0, 0.05) is 0 Å². The quantitative estimate of drug-likeness (QED) is 0.0827. The molecule has 0 bridgehead atoms. The van der Waals surface area contributed by atoms with Crippen LogP contribution in [-0.4, -0.2) is 179 Å². The molecular weight excluding hydrogens is 864 g/mol. The summed E-state index contributed by atoms with van der Waals surface area (Å²) in [6.45, 7) is 0.271. The Bertz CT molecular complexity index is 2460. The van der Waals surface area contributed by atoms with Crippen molar-refractivity contribution >= 4 is 41.1 Å². The normalized spacial score (nSPS) is 34.4. The van der Waals surface area contributed by atoms with E-state index in [4.69, 9.17) is 9.47 Å². The average molecular weight is 909 g/mol. The Morgan fingerprint density at radius 1 is 0.585 bits per heavy atom. The predicted molar refractivity (Wildman–Crippen MR) is 217 cm³/mol. The molecule has 0 spiro atoms. The van der Waals surface area contributed by atoms with Crippen molar-refractivity contribution in [3.63, 3.8) is 0 Å². The van der Waals surface area contributed by atoms with Gasteiger partial charge in [0.15, 0.2) is 11.6 Å². The summed E-state index contributed by atoms with van der Waals surface area (Å²) in [6, 6.07) is 10.1. The fourth-order valence-electron chi connectivity index (χ4n) is 7.87. The van der Waals surface area contributed by atoms with Gasteiger partial charge < -0.3 is 81.0 Å². The number of hydrogen-bond donors (Lipinski definition) is 14. The molecule has 2 heterocycles. The van der Waals surface area contributed by atoms with Crippen molar-refractivity contribution < 1.29 is 105 Å². The first kappa shape index (κ1) is 48.3. The number of carbonyl (C=O) groups is 5. The lowest BCUT2D eigenvalue weighted by Crippen LogP contribution is -2.69. The van der Waals surface area contributed by atoms with Crippen LogP contribution in [0.4, 0.5) is 0 Å². The van der Waals surface area contributed by atoms with Crippen molar-refractivity contribution in [2.24, 2.45) is 0 Å². The van der Waals surface area contributed by atoms with Crippen LogP contribution in [-0.2, 0) is 33.4 Å². The topological polar surface area (TPSA) is 387 Å². The second-order valence-electron chi connectivity index (χ2n) is 15.6. The van der Waals surface area contributed by atoms with Crippen LogP contribution in [0.3, 0.4) is 0 Å². The largest absolute Gasteiger partial charge is 0.508 e. The molecule has 21 heteroatoms. The summed E-state index contributed by atoms with van der Waals surface area (Å²) in [4.78, 5) is 71.0. The van der Waals surface area contributed by atoms with E-state index in [2.05, 4.69) is 0 Å². The molecule has 2 aliphatic heterocycles. The molecule has 346 valence electrons. The summed E-state index contributed by atoms with van der Waals surface area (Å²) in [6.07, 6.45) is -18.6. The van der Waals surface area contributed by atoms with Crippen LogP contribution in [0, 0.1) is 0 Å². The number of allylic oxidation sites excluding steroid dienone is 6. The minimum Gasteiger partial charge on any atom is -0.508 e. The lowest BCUT2D eigenvalue weighted by molar-refractivity contribution is -0.262. The number of phenolic OH excluding ortho intramolecular Hbond substituents is 2. The molecule has 0 aromatic heterocycles. The first-order valence-electron chi connectivity index (χ1n) is 19.7. The van der Waals surface area contributed by atoms with Crippen LogP contribution in [0.5, 0.6) is 11.5 Å². The third-order valence-corrected chi connectivity index (χ3v) is 11.6. The summed E-state index contributed by atoms with van der Waals surface area (Å²) < 4.78 is 11.0. The van der Waals surface area contributed by atoms with E-state index in [1.54, 1.807) is 0 Å². The van der Waals surface area contributed by atoms with Gasteiger partial charge in [-0.3, -0.25) is 24.0 Å².